The number of fused-ring (bicyclic) bond motifs is 1. The Kier molecular flexibility index (Phi) is 3.86. The van der Waals surface area contributed by atoms with E-state index in [1.165, 1.54) is 4.90 Å². The standard InChI is InChI=1S/C14H16F2N2O3/c15-9-5-10(16)13(17-6-9)14(20)18-1-2-21-12-4-8(7-19)3-11(12)18/h5-6,8,11-12,19H,1-4,7H2/t8-,11+,12?/m1/s1. The molecule has 3 atom stereocenters. The molecule has 0 bridgehead atoms. The van der Waals surface area contributed by atoms with Crippen LogP contribution in [0.4, 0.5) is 8.78 Å². The van der Waals surface area contributed by atoms with Crippen LogP contribution in [0.15, 0.2) is 12.3 Å². The zero-order chi connectivity index (χ0) is 15.0. The van der Waals surface area contributed by atoms with Gasteiger partial charge in [-0.2, -0.15) is 0 Å². The summed E-state index contributed by atoms with van der Waals surface area (Å²) < 4.78 is 32.2. The molecule has 1 saturated carbocycles. The van der Waals surface area contributed by atoms with Gasteiger partial charge in [0.2, 0.25) is 0 Å². The summed E-state index contributed by atoms with van der Waals surface area (Å²) in [5, 5.41) is 9.26. The first-order valence-corrected chi connectivity index (χ1v) is 6.94. The Morgan fingerprint density at radius 3 is 3.00 bits per heavy atom. The van der Waals surface area contributed by atoms with Gasteiger partial charge in [-0.25, -0.2) is 13.8 Å². The number of nitrogens with zero attached hydrogens (tertiary/aromatic N) is 2. The zero-order valence-electron chi connectivity index (χ0n) is 11.3. The molecular formula is C14H16F2N2O3. The highest BCUT2D eigenvalue weighted by Gasteiger charge is 2.43. The third kappa shape index (κ3) is 2.63. The highest BCUT2D eigenvalue weighted by Crippen LogP contribution is 2.34. The van der Waals surface area contributed by atoms with Gasteiger partial charge in [0.25, 0.3) is 5.91 Å². The fourth-order valence-corrected chi connectivity index (χ4v) is 3.16. The number of aliphatic hydroxyl groups excluding tert-OH is 1. The van der Waals surface area contributed by atoms with Crippen molar-refractivity contribution in [2.24, 2.45) is 5.92 Å². The molecule has 2 fully saturated rings. The summed E-state index contributed by atoms with van der Waals surface area (Å²) in [5.41, 5.74) is -0.371. The van der Waals surface area contributed by atoms with Crippen molar-refractivity contribution >= 4 is 5.91 Å². The van der Waals surface area contributed by atoms with E-state index in [0.29, 0.717) is 32.1 Å². The van der Waals surface area contributed by atoms with Crippen molar-refractivity contribution in [3.63, 3.8) is 0 Å². The maximum atomic E-state index is 13.7. The van der Waals surface area contributed by atoms with Gasteiger partial charge in [-0.15, -0.1) is 0 Å². The number of morpholine rings is 1. The van der Waals surface area contributed by atoms with E-state index in [1.54, 1.807) is 0 Å². The van der Waals surface area contributed by atoms with Crippen LogP contribution in [0.1, 0.15) is 23.3 Å². The molecule has 1 aromatic heterocycles. The van der Waals surface area contributed by atoms with Crippen LogP contribution in [0.5, 0.6) is 0 Å². The van der Waals surface area contributed by atoms with Crippen LogP contribution in [-0.2, 0) is 4.74 Å². The van der Waals surface area contributed by atoms with Crippen LogP contribution in [0, 0.1) is 17.6 Å². The van der Waals surface area contributed by atoms with Gasteiger partial charge in [0.15, 0.2) is 11.5 Å². The van der Waals surface area contributed by atoms with E-state index in [-0.39, 0.29) is 30.4 Å². The van der Waals surface area contributed by atoms with Crippen LogP contribution in [0.2, 0.25) is 0 Å². The second kappa shape index (κ2) is 5.65. The van der Waals surface area contributed by atoms with Crippen molar-refractivity contribution in [2.45, 2.75) is 25.0 Å². The number of pyridine rings is 1. The van der Waals surface area contributed by atoms with Crippen LogP contribution >= 0.6 is 0 Å². The molecule has 1 aliphatic heterocycles. The van der Waals surface area contributed by atoms with E-state index in [4.69, 9.17) is 4.74 Å². The number of carbonyl (C=O) groups is 1. The second-order valence-electron chi connectivity index (χ2n) is 5.48. The maximum Gasteiger partial charge on any atom is 0.275 e. The van der Waals surface area contributed by atoms with E-state index >= 15 is 0 Å². The predicted molar refractivity (Wildman–Crippen MR) is 68.5 cm³/mol. The van der Waals surface area contributed by atoms with Gasteiger partial charge in [-0.1, -0.05) is 0 Å². The van der Waals surface area contributed by atoms with Gasteiger partial charge in [0.05, 0.1) is 24.9 Å². The molecule has 114 valence electrons. The maximum absolute atomic E-state index is 13.7. The Labute approximate surface area is 120 Å². The van der Waals surface area contributed by atoms with Crippen molar-refractivity contribution in [3.05, 3.63) is 29.6 Å². The average molecular weight is 298 g/mol. The minimum absolute atomic E-state index is 0.0432. The Morgan fingerprint density at radius 1 is 1.48 bits per heavy atom. The zero-order valence-corrected chi connectivity index (χ0v) is 11.3. The molecule has 1 unspecified atom stereocenters. The summed E-state index contributed by atoms with van der Waals surface area (Å²) in [4.78, 5) is 17.6. The number of aromatic nitrogens is 1. The third-order valence-corrected chi connectivity index (χ3v) is 4.16. The quantitative estimate of drug-likeness (QED) is 0.884. The first-order valence-electron chi connectivity index (χ1n) is 6.94. The first kappa shape index (κ1) is 14.3. The number of hydrogen-bond donors (Lipinski definition) is 1. The van der Waals surface area contributed by atoms with Crippen molar-refractivity contribution < 1.29 is 23.4 Å². The second-order valence-corrected chi connectivity index (χ2v) is 5.48. The smallest absolute Gasteiger partial charge is 0.275 e. The van der Waals surface area contributed by atoms with Gasteiger partial charge < -0.3 is 14.7 Å². The number of aliphatic hydroxyl groups is 1. The van der Waals surface area contributed by atoms with E-state index in [9.17, 15) is 18.7 Å². The van der Waals surface area contributed by atoms with Crippen molar-refractivity contribution in [1.29, 1.82) is 0 Å². The highest BCUT2D eigenvalue weighted by atomic mass is 19.1. The lowest BCUT2D eigenvalue weighted by molar-refractivity contribution is -0.0452. The minimum atomic E-state index is -0.959. The molecule has 1 aromatic rings. The fraction of sp³-hybridized carbons (Fsp3) is 0.571. The largest absolute Gasteiger partial charge is 0.396 e. The van der Waals surface area contributed by atoms with Crippen molar-refractivity contribution in [2.75, 3.05) is 19.8 Å². The summed E-state index contributed by atoms with van der Waals surface area (Å²) >= 11 is 0. The molecule has 0 aromatic carbocycles. The normalized spacial score (nSPS) is 28.5. The highest BCUT2D eigenvalue weighted by molar-refractivity contribution is 5.92. The summed E-state index contributed by atoms with van der Waals surface area (Å²) in [6.45, 7) is 0.756. The molecule has 1 aliphatic carbocycles. The SMILES string of the molecule is O=C(c1ncc(F)cc1F)N1CCOC2C[C@H](CO)C[C@@H]21. The molecular weight excluding hydrogens is 282 g/mol. The Bertz CT molecular complexity index is 555. The van der Waals surface area contributed by atoms with Gasteiger partial charge in [0.1, 0.15) is 5.82 Å². The molecule has 7 heteroatoms. The monoisotopic (exact) mass is 298 g/mol. The molecule has 0 radical (unpaired) electrons. The van der Waals surface area contributed by atoms with Gasteiger partial charge in [0, 0.05) is 19.2 Å². The topological polar surface area (TPSA) is 62.7 Å². The van der Waals surface area contributed by atoms with Crippen molar-refractivity contribution in [3.8, 4) is 0 Å². The molecule has 1 saturated heterocycles. The minimum Gasteiger partial charge on any atom is -0.396 e. The number of carbonyl (C=O) groups excluding carboxylic acids is 1. The van der Waals surface area contributed by atoms with Gasteiger partial charge in [-0.05, 0) is 18.8 Å². The molecule has 3 rings (SSSR count). The number of hydrogen-bond acceptors (Lipinski definition) is 4. The summed E-state index contributed by atoms with van der Waals surface area (Å²) in [6, 6.07) is 0.471. The lowest BCUT2D eigenvalue weighted by Gasteiger charge is -2.37. The number of ether oxygens (including phenoxy) is 1. The third-order valence-electron chi connectivity index (χ3n) is 4.16. The van der Waals surface area contributed by atoms with Gasteiger partial charge in [-0.3, -0.25) is 4.79 Å². The Balaban J connectivity index is 1.83. The van der Waals surface area contributed by atoms with Crippen LogP contribution < -0.4 is 0 Å². The molecule has 21 heavy (non-hydrogen) atoms. The predicted octanol–water partition coefficient (Wildman–Crippen LogP) is 0.972. The van der Waals surface area contributed by atoms with E-state index in [1.807, 2.05) is 0 Å². The average Bonchev–Trinajstić information content (AvgIpc) is 2.89. The Morgan fingerprint density at radius 2 is 2.29 bits per heavy atom. The van der Waals surface area contributed by atoms with Crippen LogP contribution in [0.3, 0.4) is 0 Å². The molecule has 0 spiro atoms. The van der Waals surface area contributed by atoms with E-state index in [0.717, 1.165) is 6.20 Å². The van der Waals surface area contributed by atoms with Gasteiger partial charge >= 0.3 is 0 Å². The van der Waals surface area contributed by atoms with Crippen molar-refractivity contribution in [1.82, 2.24) is 9.88 Å². The number of rotatable bonds is 2. The molecule has 2 heterocycles. The summed E-state index contributed by atoms with van der Waals surface area (Å²) in [6.07, 6.45) is 2.00. The number of amides is 1. The molecule has 1 amide bonds. The molecule has 2 aliphatic rings. The van der Waals surface area contributed by atoms with Crippen LogP contribution in [0.25, 0.3) is 0 Å². The number of halogens is 2. The van der Waals surface area contributed by atoms with E-state index < -0.39 is 17.5 Å². The van der Waals surface area contributed by atoms with E-state index in [2.05, 4.69) is 4.98 Å². The van der Waals surface area contributed by atoms with Crippen LogP contribution in [-0.4, -0.2) is 52.8 Å². The molecule has 5 nitrogen and oxygen atoms in total. The summed E-state index contributed by atoms with van der Waals surface area (Å²) in [7, 11) is 0. The fourth-order valence-electron chi connectivity index (χ4n) is 3.16. The lowest BCUT2D eigenvalue weighted by Crippen LogP contribution is -2.51. The molecule has 1 N–H and O–H groups in total. The Hall–Kier alpha value is -1.60. The lowest BCUT2D eigenvalue weighted by atomic mass is 10.1. The summed E-state index contributed by atoms with van der Waals surface area (Å²) in [5.74, 6) is -2.24. The first-order chi connectivity index (χ1) is 10.1.